The van der Waals surface area contributed by atoms with Gasteiger partial charge in [0, 0.05) is 11.9 Å². The molecule has 0 saturated carbocycles. The largest absolute Gasteiger partial charge is 0.507 e. The van der Waals surface area contributed by atoms with Gasteiger partial charge >= 0.3 is 0 Å². The Balaban J connectivity index is 0.000000950. The summed E-state index contributed by atoms with van der Waals surface area (Å²) >= 11 is 0. The van der Waals surface area contributed by atoms with Crippen molar-refractivity contribution >= 4 is 44.5 Å². The fraction of sp³-hybridized carbons (Fsp3) is 0.242. The third-order valence-corrected chi connectivity index (χ3v) is 6.46. The number of aromatic hydroxyl groups is 2. The standard InChI is InChI=1S/C19H16N4O4S.C8H9NO2.3C2H6/c1-13(24)17-12-15(7-10-18(17)25)22-21-14-5-8-16(9-6-14)28(26,27)23-19-4-2-3-11-20-19;1-5(10)7-4-6(9)2-3-8(7)11;3*1-2/h2-12,25H,1H3,(H,20,23);2-4,11H,9H2,1H3;3*1-2H3. The zero-order valence-electron chi connectivity index (χ0n) is 26.9. The molecule has 242 valence electrons. The van der Waals surface area contributed by atoms with Crippen LogP contribution in [0.3, 0.4) is 0 Å². The number of aromatic nitrogens is 1. The smallest absolute Gasteiger partial charge is 0.263 e. The number of ketones is 2. The Morgan fingerprint density at radius 1 is 0.711 bits per heavy atom. The number of sulfonamides is 1. The first kappa shape index (κ1) is 39.9. The second-order valence-electron chi connectivity index (χ2n) is 8.10. The molecule has 0 fully saturated rings. The summed E-state index contributed by atoms with van der Waals surface area (Å²) in [6.45, 7) is 14.7. The van der Waals surface area contributed by atoms with Crippen LogP contribution in [0.15, 0.2) is 100 Å². The first-order valence-corrected chi connectivity index (χ1v) is 15.8. The average molecular weight is 638 g/mol. The van der Waals surface area contributed by atoms with Gasteiger partial charge in [-0.25, -0.2) is 13.4 Å². The van der Waals surface area contributed by atoms with E-state index >= 15 is 0 Å². The second-order valence-corrected chi connectivity index (χ2v) is 9.79. The number of nitrogens with one attached hydrogen (secondary N) is 1. The van der Waals surface area contributed by atoms with Crippen molar-refractivity contribution in [3.8, 4) is 11.5 Å². The van der Waals surface area contributed by atoms with Crippen LogP contribution < -0.4 is 10.5 Å². The van der Waals surface area contributed by atoms with E-state index in [-0.39, 0.29) is 44.9 Å². The van der Waals surface area contributed by atoms with Gasteiger partial charge in [0.1, 0.15) is 17.3 Å². The molecule has 4 aromatic rings. The fourth-order valence-corrected chi connectivity index (χ4v) is 4.14. The van der Waals surface area contributed by atoms with Crippen molar-refractivity contribution in [1.82, 2.24) is 4.98 Å². The third kappa shape index (κ3) is 13.4. The van der Waals surface area contributed by atoms with E-state index in [9.17, 15) is 23.1 Å². The molecule has 5 N–H and O–H groups in total. The van der Waals surface area contributed by atoms with Gasteiger partial charge in [-0.1, -0.05) is 47.6 Å². The molecule has 0 atom stereocenters. The van der Waals surface area contributed by atoms with Gasteiger partial charge in [-0.2, -0.15) is 10.2 Å². The number of carbonyl (C=O) groups is 2. The number of phenolic OH excluding ortho intramolecular Hbond substituents is 2. The highest BCUT2D eigenvalue weighted by Gasteiger charge is 2.14. The van der Waals surface area contributed by atoms with Crippen LogP contribution in [0.5, 0.6) is 11.5 Å². The fourth-order valence-electron chi connectivity index (χ4n) is 3.13. The lowest BCUT2D eigenvalue weighted by Gasteiger charge is -2.07. The summed E-state index contributed by atoms with van der Waals surface area (Å²) in [5.41, 5.74) is 7.11. The topological polar surface area (TPSA) is 184 Å². The third-order valence-electron chi connectivity index (χ3n) is 5.09. The Labute approximate surface area is 266 Å². The minimum atomic E-state index is -3.77. The number of nitrogens with zero attached hydrogens (tertiary/aromatic N) is 3. The van der Waals surface area contributed by atoms with E-state index in [0.717, 1.165) is 0 Å². The number of rotatable bonds is 7. The molecule has 1 heterocycles. The van der Waals surface area contributed by atoms with Crippen LogP contribution in [-0.4, -0.2) is 35.2 Å². The molecule has 4 rings (SSSR count). The second kappa shape index (κ2) is 20.7. The van der Waals surface area contributed by atoms with Crippen molar-refractivity contribution in [2.24, 2.45) is 10.2 Å². The van der Waals surface area contributed by atoms with Gasteiger partial charge in [0.15, 0.2) is 11.6 Å². The number of nitrogen functional groups attached to an aromatic ring is 1. The number of nitrogens with two attached hydrogens (primary N) is 1. The SMILES string of the molecule is CC.CC.CC.CC(=O)c1cc(N)ccc1O.CC(=O)c1cc(N=Nc2ccc(S(=O)(=O)Nc3ccccn3)cc2)ccc1O. The van der Waals surface area contributed by atoms with Gasteiger partial charge in [0.25, 0.3) is 10.0 Å². The van der Waals surface area contributed by atoms with Gasteiger partial charge in [-0.3, -0.25) is 14.3 Å². The van der Waals surface area contributed by atoms with E-state index in [1.165, 1.54) is 74.6 Å². The van der Waals surface area contributed by atoms with E-state index in [1.807, 2.05) is 41.5 Å². The Morgan fingerprint density at radius 3 is 1.69 bits per heavy atom. The molecule has 45 heavy (non-hydrogen) atoms. The average Bonchev–Trinajstić information content (AvgIpc) is 3.05. The van der Waals surface area contributed by atoms with E-state index in [2.05, 4.69) is 19.9 Å². The number of azo groups is 1. The normalized spacial score (nSPS) is 9.87. The minimum Gasteiger partial charge on any atom is -0.507 e. The number of Topliss-reactive ketones (excluding diaryl/α,β-unsaturated/α-hetero) is 2. The Morgan fingerprint density at radius 2 is 1.20 bits per heavy atom. The summed E-state index contributed by atoms with van der Waals surface area (Å²) in [6.07, 6.45) is 1.49. The summed E-state index contributed by atoms with van der Waals surface area (Å²) in [7, 11) is -3.77. The van der Waals surface area contributed by atoms with Gasteiger partial charge in [-0.05, 0) is 86.6 Å². The summed E-state index contributed by atoms with van der Waals surface area (Å²) < 4.78 is 27.1. The van der Waals surface area contributed by atoms with Crippen molar-refractivity contribution in [2.75, 3.05) is 10.5 Å². The van der Waals surface area contributed by atoms with E-state index in [0.29, 0.717) is 17.1 Å². The molecule has 11 nitrogen and oxygen atoms in total. The maximum Gasteiger partial charge on any atom is 0.263 e. The first-order chi connectivity index (χ1) is 21.5. The molecular weight excluding hydrogens is 594 g/mol. The highest BCUT2D eigenvalue weighted by atomic mass is 32.2. The lowest BCUT2D eigenvalue weighted by atomic mass is 10.1. The molecule has 3 aromatic carbocycles. The quantitative estimate of drug-likeness (QED) is 0.0672. The van der Waals surface area contributed by atoms with Crippen LogP contribution in [0, 0.1) is 0 Å². The molecule has 12 heteroatoms. The Kier molecular flexibility index (Phi) is 18.4. The molecule has 0 unspecified atom stereocenters. The predicted molar refractivity (Wildman–Crippen MR) is 180 cm³/mol. The van der Waals surface area contributed by atoms with Crippen LogP contribution in [0.4, 0.5) is 22.9 Å². The molecule has 0 saturated heterocycles. The molecule has 0 bridgehead atoms. The van der Waals surface area contributed by atoms with Crippen molar-refractivity contribution in [2.45, 2.75) is 60.3 Å². The molecule has 0 aliphatic heterocycles. The van der Waals surface area contributed by atoms with Gasteiger partial charge in [0.2, 0.25) is 0 Å². The van der Waals surface area contributed by atoms with Crippen molar-refractivity contribution in [1.29, 1.82) is 0 Å². The molecule has 0 aliphatic rings. The number of benzene rings is 3. The van der Waals surface area contributed by atoms with E-state index in [1.54, 1.807) is 24.3 Å². The lowest BCUT2D eigenvalue weighted by molar-refractivity contribution is 0.100. The Bertz CT molecular complexity index is 1630. The van der Waals surface area contributed by atoms with Crippen LogP contribution in [-0.2, 0) is 10.0 Å². The summed E-state index contributed by atoms with van der Waals surface area (Å²) in [6, 6.07) is 19.4. The summed E-state index contributed by atoms with van der Waals surface area (Å²) in [4.78, 5) is 26.2. The monoisotopic (exact) mass is 637 g/mol. The van der Waals surface area contributed by atoms with Crippen LogP contribution in [0.25, 0.3) is 0 Å². The number of pyridine rings is 1. The maximum absolute atomic E-state index is 12.4. The zero-order chi connectivity index (χ0) is 34.6. The highest BCUT2D eigenvalue weighted by Crippen LogP contribution is 2.26. The van der Waals surface area contributed by atoms with Crippen LogP contribution >= 0.6 is 0 Å². The van der Waals surface area contributed by atoms with Crippen LogP contribution in [0.1, 0.15) is 76.1 Å². The summed E-state index contributed by atoms with van der Waals surface area (Å²) in [5, 5.41) is 26.8. The number of hydrogen-bond acceptors (Lipinski definition) is 10. The minimum absolute atomic E-state index is 0.0216. The highest BCUT2D eigenvalue weighted by molar-refractivity contribution is 7.92. The summed E-state index contributed by atoms with van der Waals surface area (Å²) in [5.74, 6) is -0.396. The number of phenols is 2. The van der Waals surface area contributed by atoms with Crippen molar-refractivity contribution in [3.63, 3.8) is 0 Å². The maximum atomic E-state index is 12.4. The predicted octanol–water partition coefficient (Wildman–Crippen LogP) is 8.46. The van der Waals surface area contributed by atoms with E-state index in [4.69, 9.17) is 10.8 Å². The van der Waals surface area contributed by atoms with Gasteiger partial charge in [0.05, 0.1) is 27.4 Å². The number of hydrogen-bond donors (Lipinski definition) is 4. The molecule has 0 radical (unpaired) electrons. The molecule has 1 aromatic heterocycles. The van der Waals surface area contributed by atoms with Crippen molar-refractivity contribution in [3.05, 3.63) is 96.2 Å². The first-order valence-electron chi connectivity index (χ1n) is 14.4. The lowest BCUT2D eigenvalue weighted by Crippen LogP contribution is -2.13. The molecule has 0 amide bonds. The van der Waals surface area contributed by atoms with E-state index < -0.39 is 10.0 Å². The number of carbonyl (C=O) groups excluding carboxylic acids is 2. The molecule has 0 spiro atoms. The molecular formula is C33H43N5O6S. The van der Waals surface area contributed by atoms with Crippen molar-refractivity contribution < 1.29 is 28.2 Å². The Hall–Kier alpha value is -5.10. The number of anilines is 2. The van der Waals surface area contributed by atoms with Gasteiger partial charge in [-0.15, -0.1) is 0 Å². The molecule has 0 aliphatic carbocycles. The zero-order valence-corrected chi connectivity index (χ0v) is 27.8. The van der Waals surface area contributed by atoms with Gasteiger partial charge < -0.3 is 15.9 Å². The van der Waals surface area contributed by atoms with Crippen LogP contribution in [0.2, 0.25) is 0 Å².